The topological polar surface area (TPSA) is 89.3 Å². The highest BCUT2D eigenvalue weighted by molar-refractivity contribution is 7.89. The van der Waals surface area contributed by atoms with E-state index >= 15 is 0 Å². The van der Waals surface area contributed by atoms with Gasteiger partial charge in [0, 0.05) is 17.5 Å². The molecule has 7 heteroatoms. The summed E-state index contributed by atoms with van der Waals surface area (Å²) in [5, 5.41) is 11.5. The van der Waals surface area contributed by atoms with Gasteiger partial charge in [-0.15, -0.1) is 0 Å². The number of carbonyl (C=O) groups excluding carboxylic acids is 1. The zero-order valence-electron chi connectivity index (χ0n) is 10.6. The molecule has 0 bridgehead atoms. The van der Waals surface area contributed by atoms with Crippen molar-refractivity contribution in [3.8, 4) is 0 Å². The Bertz CT molecular complexity index is 677. The first-order valence-electron chi connectivity index (χ1n) is 5.89. The molecular formula is C13H14N2O3S2. The summed E-state index contributed by atoms with van der Waals surface area (Å²) in [4.78, 5) is 11.8. The number of hydrogen-bond donors (Lipinski definition) is 2. The van der Waals surface area contributed by atoms with E-state index in [0.717, 1.165) is 5.56 Å². The predicted molar refractivity (Wildman–Crippen MR) is 78.2 cm³/mol. The minimum Gasteiger partial charge on any atom is -0.352 e. The molecule has 0 aliphatic carbocycles. The Kier molecular flexibility index (Phi) is 4.53. The maximum Gasteiger partial charge on any atom is 0.252 e. The van der Waals surface area contributed by atoms with Gasteiger partial charge in [-0.1, -0.05) is 12.1 Å². The van der Waals surface area contributed by atoms with Gasteiger partial charge in [0.25, 0.3) is 5.91 Å². The number of hydrogen-bond acceptors (Lipinski definition) is 4. The molecule has 20 heavy (non-hydrogen) atoms. The van der Waals surface area contributed by atoms with Gasteiger partial charge in [-0.3, -0.25) is 4.79 Å². The lowest BCUT2D eigenvalue weighted by atomic mass is 10.1. The van der Waals surface area contributed by atoms with Gasteiger partial charge in [-0.25, -0.2) is 13.6 Å². The van der Waals surface area contributed by atoms with E-state index in [-0.39, 0.29) is 10.8 Å². The van der Waals surface area contributed by atoms with E-state index < -0.39 is 10.0 Å². The van der Waals surface area contributed by atoms with Crippen LogP contribution in [0, 0.1) is 0 Å². The van der Waals surface area contributed by atoms with Crippen molar-refractivity contribution >= 4 is 27.3 Å². The van der Waals surface area contributed by atoms with Crippen LogP contribution in [-0.2, 0) is 16.4 Å². The number of primary sulfonamides is 1. The summed E-state index contributed by atoms with van der Waals surface area (Å²) >= 11 is 1.47. The fourth-order valence-electron chi connectivity index (χ4n) is 1.66. The summed E-state index contributed by atoms with van der Waals surface area (Å²) in [5.74, 6) is -0.104. The number of amides is 1. The second kappa shape index (κ2) is 6.17. The fourth-order valence-corrected chi connectivity index (χ4v) is 2.81. The van der Waals surface area contributed by atoms with Crippen LogP contribution in [0.15, 0.2) is 46.0 Å². The highest BCUT2D eigenvalue weighted by atomic mass is 32.2. The molecule has 1 aromatic heterocycles. The van der Waals surface area contributed by atoms with Crippen LogP contribution in [0.4, 0.5) is 0 Å². The zero-order chi connectivity index (χ0) is 14.6. The monoisotopic (exact) mass is 310 g/mol. The average Bonchev–Trinajstić information content (AvgIpc) is 2.92. The van der Waals surface area contributed by atoms with Crippen LogP contribution >= 0.6 is 11.3 Å². The number of nitrogens with one attached hydrogen (secondary N) is 1. The van der Waals surface area contributed by atoms with Crippen molar-refractivity contribution in [3.63, 3.8) is 0 Å². The Morgan fingerprint density at radius 2 is 1.90 bits per heavy atom. The number of sulfonamides is 1. The number of nitrogens with two attached hydrogens (primary N) is 1. The Labute approximate surface area is 121 Å². The number of thiophene rings is 1. The molecule has 0 aliphatic heterocycles. The minimum atomic E-state index is -3.65. The molecule has 106 valence electrons. The van der Waals surface area contributed by atoms with Crippen molar-refractivity contribution in [2.75, 3.05) is 6.54 Å². The lowest BCUT2D eigenvalue weighted by molar-refractivity contribution is 0.0954. The van der Waals surface area contributed by atoms with Crippen LogP contribution < -0.4 is 10.5 Å². The summed E-state index contributed by atoms with van der Waals surface area (Å²) in [6.45, 7) is 0.489. The van der Waals surface area contributed by atoms with Crippen molar-refractivity contribution in [2.45, 2.75) is 11.3 Å². The third-order valence-corrected chi connectivity index (χ3v) is 4.35. The SMILES string of the molecule is NS(=O)(=O)c1ccc(CCNC(=O)c2ccsc2)cc1. The van der Waals surface area contributed by atoms with E-state index in [1.54, 1.807) is 23.6 Å². The largest absolute Gasteiger partial charge is 0.352 e. The number of rotatable bonds is 5. The second-order valence-electron chi connectivity index (χ2n) is 4.21. The molecule has 1 heterocycles. The highest BCUT2D eigenvalue weighted by Gasteiger charge is 2.07. The Hall–Kier alpha value is -1.70. The van der Waals surface area contributed by atoms with Gasteiger partial charge in [-0.05, 0) is 35.6 Å². The van der Waals surface area contributed by atoms with Crippen LogP contribution in [0.25, 0.3) is 0 Å². The highest BCUT2D eigenvalue weighted by Crippen LogP contribution is 2.09. The zero-order valence-corrected chi connectivity index (χ0v) is 12.2. The van der Waals surface area contributed by atoms with Crippen molar-refractivity contribution in [3.05, 3.63) is 52.2 Å². The van der Waals surface area contributed by atoms with Crippen LogP contribution in [0.5, 0.6) is 0 Å². The molecule has 5 nitrogen and oxygen atoms in total. The summed E-state index contributed by atoms with van der Waals surface area (Å²) in [6, 6.07) is 8.07. The molecule has 0 spiro atoms. The predicted octanol–water partition coefficient (Wildman–Crippen LogP) is 1.37. The van der Waals surface area contributed by atoms with Gasteiger partial charge in [0.15, 0.2) is 0 Å². The molecule has 2 rings (SSSR count). The van der Waals surface area contributed by atoms with Gasteiger partial charge in [0.05, 0.1) is 4.90 Å². The first kappa shape index (κ1) is 14.7. The fraction of sp³-hybridized carbons (Fsp3) is 0.154. The molecule has 0 saturated carbocycles. The summed E-state index contributed by atoms with van der Waals surface area (Å²) in [5.41, 5.74) is 1.59. The van der Waals surface area contributed by atoms with E-state index in [0.29, 0.717) is 18.5 Å². The average molecular weight is 310 g/mol. The van der Waals surface area contributed by atoms with E-state index in [1.807, 2.05) is 5.38 Å². The molecule has 0 aliphatic rings. The first-order valence-corrected chi connectivity index (χ1v) is 8.38. The summed E-state index contributed by atoms with van der Waals surface area (Å²) in [6.07, 6.45) is 0.626. The molecule has 0 unspecified atom stereocenters. The lowest BCUT2D eigenvalue weighted by Crippen LogP contribution is -2.25. The molecule has 0 fully saturated rings. The van der Waals surface area contributed by atoms with Gasteiger partial charge < -0.3 is 5.32 Å². The molecule has 0 radical (unpaired) electrons. The normalized spacial score (nSPS) is 11.2. The first-order chi connectivity index (χ1) is 9.47. The molecule has 0 atom stereocenters. The maximum absolute atomic E-state index is 11.7. The van der Waals surface area contributed by atoms with Crippen LogP contribution in [-0.4, -0.2) is 20.9 Å². The van der Waals surface area contributed by atoms with E-state index in [2.05, 4.69) is 5.32 Å². The molecule has 2 aromatic rings. The number of benzene rings is 1. The van der Waals surface area contributed by atoms with E-state index in [4.69, 9.17) is 5.14 Å². The van der Waals surface area contributed by atoms with Crippen molar-refractivity contribution in [1.29, 1.82) is 0 Å². The summed E-state index contributed by atoms with van der Waals surface area (Å²) in [7, 11) is -3.65. The van der Waals surface area contributed by atoms with Crippen molar-refractivity contribution in [2.24, 2.45) is 5.14 Å². The third-order valence-electron chi connectivity index (χ3n) is 2.73. The minimum absolute atomic E-state index is 0.0866. The standard InChI is InChI=1S/C13H14N2O3S2/c14-20(17,18)12-3-1-10(2-4-12)5-7-15-13(16)11-6-8-19-9-11/h1-4,6,8-9H,5,7H2,(H,15,16)(H2,14,17,18). The molecule has 1 aromatic carbocycles. The third kappa shape index (κ3) is 3.89. The van der Waals surface area contributed by atoms with Gasteiger partial charge in [0.2, 0.25) is 10.0 Å². The van der Waals surface area contributed by atoms with Crippen LogP contribution in [0.3, 0.4) is 0 Å². The molecular weight excluding hydrogens is 296 g/mol. The van der Waals surface area contributed by atoms with Crippen molar-refractivity contribution < 1.29 is 13.2 Å². The Morgan fingerprint density at radius 3 is 2.45 bits per heavy atom. The van der Waals surface area contributed by atoms with Gasteiger partial charge in [-0.2, -0.15) is 11.3 Å². The summed E-state index contributed by atoms with van der Waals surface area (Å²) < 4.78 is 22.2. The quantitative estimate of drug-likeness (QED) is 0.874. The molecule has 3 N–H and O–H groups in total. The molecule has 1 amide bonds. The lowest BCUT2D eigenvalue weighted by Gasteiger charge is -2.05. The molecule has 0 saturated heterocycles. The van der Waals surface area contributed by atoms with Crippen molar-refractivity contribution in [1.82, 2.24) is 5.32 Å². The van der Waals surface area contributed by atoms with E-state index in [1.165, 1.54) is 23.5 Å². The smallest absolute Gasteiger partial charge is 0.252 e. The van der Waals surface area contributed by atoms with Gasteiger partial charge >= 0.3 is 0 Å². The van der Waals surface area contributed by atoms with E-state index in [9.17, 15) is 13.2 Å². The Balaban J connectivity index is 1.87. The van der Waals surface area contributed by atoms with Gasteiger partial charge in [0.1, 0.15) is 0 Å². The maximum atomic E-state index is 11.7. The second-order valence-corrected chi connectivity index (χ2v) is 6.55. The van der Waals surface area contributed by atoms with Crippen LogP contribution in [0.1, 0.15) is 15.9 Å². The van der Waals surface area contributed by atoms with Crippen LogP contribution in [0.2, 0.25) is 0 Å². The Morgan fingerprint density at radius 1 is 1.20 bits per heavy atom. The number of carbonyl (C=O) groups is 1.